The van der Waals surface area contributed by atoms with Gasteiger partial charge in [0.15, 0.2) is 5.96 Å². The maximum Gasteiger partial charge on any atom is 0.211 e. The van der Waals surface area contributed by atoms with Crippen molar-refractivity contribution in [2.24, 2.45) is 4.99 Å². The number of nitrogens with one attached hydrogen (secondary N) is 2. The van der Waals surface area contributed by atoms with Crippen molar-refractivity contribution in [2.75, 3.05) is 39.5 Å². The van der Waals surface area contributed by atoms with Crippen LogP contribution in [-0.2, 0) is 15.4 Å². The summed E-state index contributed by atoms with van der Waals surface area (Å²) in [4.78, 5) is 5.81. The van der Waals surface area contributed by atoms with Crippen molar-refractivity contribution in [3.8, 4) is 0 Å². The minimum absolute atomic E-state index is 0.208. The van der Waals surface area contributed by atoms with Crippen LogP contribution >= 0.6 is 11.3 Å². The molecule has 0 amide bonds. The standard InChI is InChI=1S/C19H34N4O2S2/c1-4-23(27(3,24)25)14-9-13-21-18(20-2)22-16-19(11-6-5-7-12-19)17-10-8-15-26-17/h8,10,15H,4-7,9,11-14,16H2,1-3H3,(H2,20,21,22). The summed E-state index contributed by atoms with van der Waals surface area (Å²) in [6.07, 6.45) is 8.34. The maximum atomic E-state index is 11.6. The van der Waals surface area contributed by atoms with Crippen LogP contribution in [0.4, 0.5) is 0 Å². The van der Waals surface area contributed by atoms with Crippen molar-refractivity contribution in [2.45, 2.75) is 50.9 Å². The Morgan fingerprint density at radius 3 is 2.59 bits per heavy atom. The van der Waals surface area contributed by atoms with Gasteiger partial charge in [-0.15, -0.1) is 11.3 Å². The molecule has 0 aromatic carbocycles. The van der Waals surface area contributed by atoms with E-state index in [0.717, 1.165) is 18.9 Å². The highest BCUT2D eigenvalue weighted by Crippen LogP contribution is 2.41. The van der Waals surface area contributed by atoms with Crippen LogP contribution in [0.25, 0.3) is 0 Å². The lowest BCUT2D eigenvalue weighted by Gasteiger charge is -2.37. The summed E-state index contributed by atoms with van der Waals surface area (Å²) in [6.45, 7) is 4.48. The Morgan fingerprint density at radius 2 is 2.04 bits per heavy atom. The lowest BCUT2D eigenvalue weighted by atomic mass is 9.73. The second kappa shape index (κ2) is 10.4. The van der Waals surface area contributed by atoms with E-state index in [0.29, 0.717) is 19.6 Å². The van der Waals surface area contributed by atoms with Gasteiger partial charge in [-0.05, 0) is 30.7 Å². The fourth-order valence-electron chi connectivity index (χ4n) is 3.81. The average Bonchev–Trinajstić information content (AvgIpc) is 3.19. The SMILES string of the molecule is CCN(CCCNC(=NC)NCC1(c2cccs2)CCCCC1)S(C)(=O)=O. The number of guanidine groups is 1. The number of rotatable bonds is 9. The molecule has 27 heavy (non-hydrogen) atoms. The Labute approximate surface area is 168 Å². The van der Waals surface area contributed by atoms with Crippen LogP contribution in [0.3, 0.4) is 0 Å². The zero-order chi connectivity index (χ0) is 19.8. The van der Waals surface area contributed by atoms with E-state index in [2.05, 4.69) is 33.1 Å². The van der Waals surface area contributed by atoms with Gasteiger partial charge < -0.3 is 10.6 Å². The molecule has 0 atom stereocenters. The van der Waals surface area contributed by atoms with Gasteiger partial charge in [0.05, 0.1) is 6.26 Å². The second-order valence-corrected chi connectivity index (χ2v) is 10.2. The molecule has 1 heterocycles. The predicted molar refractivity (Wildman–Crippen MR) is 115 cm³/mol. The molecule has 1 saturated carbocycles. The van der Waals surface area contributed by atoms with Gasteiger partial charge in [0.25, 0.3) is 0 Å². The fourth-order valence-corrected chi connectivity index (χ4v) is 5.73. The van der Waals surface area contributed by atoms with E-state index < -0.39 is 10.0 Å². The molecule has 0 radical (unpaired) electrons. The van der Waals surface area contributed by atoms with Crippen LogP contribution in [-0.4, -0.2) is 58.2 Å². The zero-order valence-electron chi connectivity index (χ0n) is 16.8. The first-order valence-corrected chi connectivity index (χ1v) is 12.6. The zero-order valence-corrected chi connectivity index (χ0v) is 18.5. The van der Waals surface area contributed by atoms with Crippen LogP contribution in [0, 0.1) is 0 Å². The van der Waals surface area contributed by atoms with E-state index >= 15 is 0 Å². The van der Waals surface area contributed by atoms with E-state index in [1.54, 1.807) is 7.05 Å². The summed E-state index contributed by atoms with van der Waals surface area (Å²) in [6, 6.07) is 4.41. The summed E-state index contributed by atoms with van der Waals surface area (Å²) in [7, 11) is -1.34. The largest absolute Gasteiger partial charge is 0.356 e. The summed E-state index contributed by atoms with van der Waals surface area (Å²) in [5.74, 6) is 0.791. The third-order valence-electron chi connectivity index (χ3n) is 5.37. The Balaban J connectivity index is 1.84. The maximum absolute atomic E-state index is 11.6. The molecule has 8 heteroatoms. The average molecular weight is 415 g/mol. The highest BCUT2D eigenvalue weighted by Gasteiger charge is 2.34. The number of nitrogens with zero attached hydrogens (tertiary/aromatic N) is 2. The smallest absolute Gasteiger partial charge is 0.211 e. The van der Waals surface area contributed by atoms with Crippen molar-refractivity contribution in [3.05, 3.63) is 22.4 Å². The molecule has 1 aromatic heterocycles. The summed E-state index contributed by atoms with van der Waals surface area (Å²) in [5.41, 5.74) is 0.208. The third-order valence-corrected chi connectivity index (χ3v) is 7.87. The monoisotopic (exact) mass is 414 g/mol. The van der Waals surface area contributed by atoms with Crippen molar-refractivity contribution in [3.63, 3.8) is 0 Å². The normalized spacial score (nSPS) is 17.9. The first kappa shape index (κ1) is 22.2. The van der Waals surface area contributed by atoms with Gasteiger partial charge in [0.1, 0.15) is 0 Å². The Morgan fingerprint density at radius 1 is 1.30 bits per heavy atom. The number of aliphatic imine (C=N–C) groups is 1. The van der Waals surface area contributed by atoms with Gasteiger partial charge in [0, 0.05) is 43.5 Å². The van der Waals surface area contributed by atoms with Crippen LogP contribution < -0.4 is 10.6 Å². The molecule has 1 aromatic rings. The van der Waals surface area contributed by atoms with Crippen molar-refractivity contribution in [1.82, 2.24) is 14.9 Å². The number of sulfonamides is 1. The Bertz CT molecular complexity index is 681. The van der Waals surface area contributed by atoms with Crippen LogP contribution in [0.15, 0.2) is 22.5 Å². The summed E-state index contributed by atoms with van der Waals surface area (Å²) in [5, 5.41) is 9.00. The summed E-state index contributed by atoms with van der Waals surface area (Å²) >= 11 is 1.85. The highest BCUT2D eigenvalue weighted by molar-refractivity contribution is 7.88. The fraction of sp³-hybridized carbons (Fsp3) is 0.737. The first-order chi connectivity index (χ1) is 12.9. The molecule has 6 nitrogen and oxygen atoms in total. The van der Waals surface area contributed by atoms with Crippen LogP contribution in [0.1, 0.15) is 50.3 Å². The van der Waals surface area contributed by atoms with Gasteiger partial charge in [0.2, 0.25) is 10.0 Å². The third kappa shape index (κ3) is 6.47. The number of thiophene rings is 1. The molecule has 2 N–H and O–H groups in total. The molecule has 1 aliphatic carbocycles. The topological polar surface area (TPSA) is 73.8 Å². The molecule has 2 rings (SSSR count). The molecule has 1 fully saturated rings. The van der Waals surface area contributed by atoms with Crippen molar-refractivity contribution < 1.29 is 8.42 Å². The first-order valence-electron chi connectivity index (χ1n) is 9.85. The minimum atomic E-state index is -3.12. The molecular weight excluding hydrogens is 380 g/mol. The van der Waals surface area contributed by atoms with Gasteiger partial charge in [-0.25, -0.2) is 12.7 Å². The number of hydrogen-bond donors (Lipinski definition) is 2. The molecule has 1 aliphatic rings. The number of hydrogen-bond acceptors (Lipinski definition) is 4. The van der Waals surface area contributed by atoms with E-state index in [4.69, 9.17) is 0 Å². The highest BCUT2D eigenvalue weighted by atomic mass is 32.2. The van der Waals surface area contributed by atoms with Gasteiger partial charge in [-0.3, -0.25) is 4.99 Å². The molecule has 0 unspecified atom stereocenters. The molecule has 0 spiro atoms. The molecule has 154 valence electrons. The van der Waals surface area contributed by atoms with E-state index in [1.807, 2.05) is 18.3 Å². The molecular formula is C19H34N4O2S2. The minimum Gasteiger partial charge on any atom is -0.356 e. The Kier molecular flexibility index (Phi) is 8.57. The summed E-state index contributed by atoms with van der Waals surface area (Å²) < 4.78 is 24.8. The quantitative estimate of drug-likeness (QED) is 0.370. The molecule has 0 aliphatic heterocycles. The van der Waals surface area contributed by atoms with Gasteiger partial charge in [-0.1, -0.05) is 32.3 Å². The van der Waals surface area contributed by atoms with Crippen LogP contribution in [0.2, 0.25) is 0 Å². The van der Waals surface area contributed by atoms with E-state index in [-0.39, 0.29) is 5.41 Å². The van der Waals surface area contributed by atoms with E-state index in [1.165, 1.54) is 47.5 Å². The van der Waals surface area contributed by atoms with Gasteiger partial charge in [-0.2, -0.15) is 0 Å². The molecule has 0 saturated heterocycles. The predicted octanol–water partition coefficient (Wildman–Crippen LogP) is 2.79. The van der Waals surface area contributed by atoms with Crippen molar-refractivity contribution in [1.29, 1.82) is 0 Å². The van der Waals surface area contributed by atoms with Crippen LogP contribution in [0.5, 0.6) is 0 Å². The van der Waals surface area contributed by atoms with Crippen molar-refractivity contribution >= 4 is 27.3 Å². The second-order valence-electron chi connectivity index (χ2n) is 7.28. The van der Waals surface area contributed by atoms with E-state index in [9.17, 15) is 8.42 Å². The van der Waals surface area contributed by atoms with Gasteiger partial charge >= 0.3 is 0 Å². The lowest BCUT2D eigenvalue weighted by Crippen LogP contribution is -2.46. The molecule has 0 bridgehead atoms. The Hall–Kier alpha value is -1.12. The lowest BCUT2D eigenvalue weighted by molar-refractivity contribution is 0.296.